The van der Waals surface area contributed by atoms with Gasteiger partial charge in [0, 0.05) is 30.4 Å². The van der Waals surface area contributed by atoms with Crippen LogP contribution in [0.4, 0.5) is 5.82 Å². The molecule has 3 aromatic rings. The number of hydrogen-bond donors (Lipinski definition) is 7. The lowest BCUT2D eigenvalue weighted by molar-refractivity contribution is -0.154. The zero-order chi connectivity index (χ0) is 39.9. The van der Waals surface area contributed by atoms with Crippen LogP contribution in [0.5, 0.6) is 0 Å². The Morgan fingerprint density at radius 1 is 0.764 bits per heavy atom. The van der Waals surface area contributed by atoms with Crippen LogP contribution in [0.25, 0.3) is 0 Å². The van der Waals surface area contributed by atoms with E-state index in [4.69, 9.17) is 29.2 Å². The minimum absolute atomic E-state index is 0.0945. The molecule has 8 N–H and O–H groups in total. The van der Waals surface area contributed by atoms with Gasteiger partial charge >= 0.3 is 42.7 Å². The summed E-state index contributed by atoms with van der Waals surface area (Å²) in [6, 6.07) is 10.7. The maximum Gasteiger partial charge on any atom is 0.490 e. The minimum Gasteiger partial charge on any atom is -0.390 e. The number of anilines is 1. The van der Waals surface area contributed by atoms with E-state index in [-0.39, 0.29) is 12.2 Å². The van der Waals surface area contributed by atoms with Crippen LogP contribution in [-0.2, 0) is 59.2 Å². The van der Waals surface area contributed by atoms with Crippen molar-refractivity contribution >= 4 is 37.1 Å². The van der Waals surface area contributed by atoms with Crippen molar-refractivity contribution < 1.29 is 83.9 Å². The van der Waals surface area contributed by atoms with Crippen molar-refractivity contribution in [1.82, 2.24) is 19.1 Å². The topological polar surface area (TPSA) is 368 Å². The quantitative estimate of drug-likeness (QED) is 0.0980. The molecule has 6 rings (SSSR count). The summed E-state index contributed by atoms with van der Waals surface area (Å²) in [5.41, 5.74) is 3.50. The molecule has 1 aromatic carbocycles. The molecule has 55 heavy (non-hydrogen) atoms. The molecule has 30 heteroatoms. The summed E-state index contributed by atoms with van der Waals surface area (Å²) in [6.07, 6.45) is -7.78. The fraction of sp³-hybridized carbons (Fsp3) is 0.440. The number of rotatable bonds is 15. The number of hydrogen-bond acceptors (Lipinski definition) is 19. The number of aromatic nitrogens is 4. The zero-order valence-electron chi connectivity index (χ0n) is 27.4. The Kier molecular flexibility index (Phi) is 12.1. The van der Waals surface area contributed by atoms with Gasteiger partial charge in [0.15, 0.2) is 12.5 Å². The summed E-state index contributed by atoms with van der Waals surface area (Å²) >= 11 is 0. The van der Waals surface area contributed by atoms with Gasteiger partial charge < -0.3 is 49.4 Å². The van der Waals surface area contributed by atoms with E-state index in [1.807, 2.05) is 4.98 Å². The van der Waals surface area contributed by atoms with E-state index in [0.29, 0.717) is 5.56 Å². The second kappa shape index (κ2) is 16.1. The molecule has 12 atom stereocenters. The average molecular weight is 861 g/mol. The van der Waals surface area contributed by atoms with Crippen LogP contribution < -0.4 is 22.7 Å². The number of benzene rings is 1. The normalized spacial score (nSPS) is 30.9. The maximum absolute atomic E-state index is 12.7. The van der Waals surface area contributed by atoms with Crippen LogP contribution in [0, 0.1) is 0 Å². The molecule has 0 bridgehead atoms. The van der Waals surface area contributed by atoms with Gasteiger partial charge in [-0.15, -0.1) is 0 Å². The second-order valence-electron chi connectivity index (χ2n) is 11.7. The fourth-order valence-electron chi connectivity index (χ4n) is 5.57. The van der Waals surface area contributed by atoms with Gasteiger partial charge in [0.05, 0.1) is 19.3 Å². The molecule has 3 aliphatic heterocycles. The average Bonchev–Trinajstić information content (AvgIpc) is 3.75. The Morgan fingerprint density at radius 3 is 1.96 bits per heavy atom. The molecule has 5 unspecified atom stereocenters. The molecule has 0 aliphatic carbocycles. The molecule has 3 aliphatic rings. The molecule has 2 aromatic heterocycles. The van der Waals surface area contributed by atoms with Gasteiger partial charge in [0.2, 0.25) is 0 Å². The number of nitrogens with two attached hydrogens (primary N) is 1. The first-order chi connectivity index (χ1) is 25.7. The van der Waals surface area contributed by atoms with Gasteiger partial charge in [-0.3, -0.25) is 28.0 Å². The van der Waals surface area contributed by atoms with Gasteiger partial charge in [-0.1, -0.05) is 30.3 Å². The van der Waals surface area contributed by atoms with Crippen LogP contribution >= 0.6 is 31.3 Å². The predicted octanol–water partition coefficient (Wildman–Crippen LogP) is -0.111. The lowest BCUT2D eigenvalue weighted by Crippen LogP contribution is -2.36. The van der Waals surface area contributed by atoms with Gasteiger partial charge in [0.25, 0.3) is 5.56 Å². The van der Waals surface area contributed by atoms with E-state index in [0.717, 1.165) is 21.4 Å². The van der Waals surface area contributed by atoms with Gasteiger partial charge in [0.1, 0.15) is 36.5 Å². The maximum atomic E-state index is 12.7. The first-order valence-corrected chi connectivity index (χ1v) is 21.4. The van der Waals surface area contributed by atoms with E-state index in [1.54, 1.807) is 30.3 Å². The predicted molar refractivity (Wildman–Crippen MR) is 176 cm³/mol. The number of nitrogen functional groups attached to an aromatic ring is 1. The second-order valence-corrected chi connectivity index (χ2v) is 17.9. The Balaban J connectivity index is 1.04. The summed E-state index contributed by atoms with van der Waals surface area (Å²) in [7, 11) is -23.8. The van der Waals surface area contributed by atoms with Crippen molar-refractivity contribution in [3.8, 4) is 0 Å². The Hall–Kier alpha value is -3.06. The molecule has 3 saturated heterocycles. The summed E-state index contributed by atoms with van der Waals surface area (Å²) in [6.45, 7) is -1.97. The van der Waals surface area contributed by atoms with E-state index in [1.165, 1.54) is 12.3 Å². The Morgan fingerprint density at radius 2 is 1.35 bits per heavy atom. The Bertz CT molecular complexity index is 2260. The van der Waals surface area contributed by atoms with E-state index < -0.39 is 111 Å². The van der Waals surface area contributed by atoms with Crippen molar-refractivity contribution in [3.05, 3.63) is 91.7 Å². The third-order valence-electron chi connectivity index (χ3n) is 7.83. The first kappa shape index (κ1) is 41.6. The van der Waals surface area contributed by atoms with E-state index in [9.17, 15) is 57.3 Å². The highest BCUT2D eigenvalue weighted by atomic mass is 31.3. The summed E-state index contributed by atoms with van der Waals surface area (Å²) in [5.74, 6) is -0.0945. The monoisotopic (exact) mass is 861 g/mol. The molecule has 0 saturated carbocycles. The van der Waals surface area contributed by atoms with E-state index in [2.05, 4.69) is 22.4 Å². The lowest BCUT2D eigenvalue weighted by atomic mass is 10.1. The number of phosphoric acid groups is 4. The van der Waals surface area contributed by atoms with Crippen molar-refractivity contribution in [2.45, 2.75) is 55.7 Å². The minimum atomic E-state index is -6.18. The summed E-state index contributed by atoms with van der Waals surface area (Å²) in [5, 5.41) is 10.3. The highest BCUT2D eigenvalue weighted by molar-refractivity contribution is 7.69. The number of aliphatic hydroxyl groups excluding tert-OH is 1. The number of aromatic amines is 1. The fourth-order valence-corrected chi connectivity index (χ4v) is 10.5. The van der Waals surface area contributed by atoms with Gasteiger partial charge in [-0.05, 0) is 6.07 Å². The smallest absolute Gasteiger partial charge is 0.390 e. The molecular weight excluding hydrogens is 830 g/mol. The lowest BCUT2D eigenvalue weighted by Gasteiger charge is -2.23. The number of nitrogens with one attached hydrogen (secondary N) is 1. The van der Waals surface area contributed by atoms with E-state index >= 15 is 0 Å². The first-order valence-electron chi connectivity index (χ1n) is 15.5. The SMILES string of the molecule is Nc1ccn([C@H]2C[C@H](O)[C@@H](COP(=O)(O)OP(=O)(O)OP(=O)(O)OP(=O)(O)OC[C@H]3O[C@@H](n4ccc(=O)[nH]c4=O)[C@@H]4OC(c5ccccc5)O[C@@H]43)O2)c(=O)n1. The molecule has 0 radical (unpaired) electrons. The van der Waals surface area contributed by atoms with Crippen molar-refractivity contribution in [3.63, 3.8) is 0 Å². The third kappa shape index (κ3) is 10.3. The van der Waals surface area contributed by atoms with Crippen molar-refractivity contribution in [2.75, 3.05) is 18.9 Å². The van der Waals surface area contributed by atoms with Gasteiger partial charge in [-0.25, -0.2) is 27.8 Å². The number of H-pyrrole nitrogens is 1. The number of fused-ring (bicyclic) bond motifs is 1. The summed E-state index contributed by atoms with van der Waals surface area (Å²) in [4.78, 5) is 81.8. The van der Waals surface area contributed by atoms with Crippen molar-refractivity contribution in [2.24, 2.45) is 0 Å². The number of phosphoric ester groups is 2. The highest BCUT2D eigenvalue weighted by Gasteiger charge is 2.55. The molecule has 302 valence electrons. The molecule has 0 amide bonds. The third-order valence-corrected chi connectivity index (χ3v) is 13.7. The number of aliphatic hydroxyl groups is 1. The molecule has 5 heterocycles. The Labute approximate surface area is 306 Å². The number of ether oxygens (including phenoxy) is 4. The van der Waals surface area contributed by atoms with Crippen molar-refractivity contribution in [1.29, 1.82) is 0 Å². The number of nitrogens with zero attached hydrogens (tertiary/aromatic N) is 3. The van der Waals surface area contributed by atoms with Crippen LogP contribution in [0.2, 0.25) is 0 Å². The van der Waals surface area contributed by atoms with Crippen LogP contribution in [0.1, 0.15) is 30.7 Å². The standard InChI is InChI=1S/C25H31N5O21P4/c26-17-6-8-29(24(33)27-17)19-10-14(31)15(45-19)11-43-52(35,36)49-54(39,40)51-55(41,42)50-53(37,38)44-12-16-20-21(48-23(47-20)13-4-2-1-3-5-13)22(46-16)30-9-7-18(32)28-25(30)34/h1-9,14-16,19-23,31H,10-12H2,(H,35,36)(H,37,38)(H,39,40)(H,41,42)(H2,26,27,33)(H,28,32,34)/t14-,15+,16+,19+,20+,21+,22+,23?/m0/s1. The highest BCUT2D eigenvalue weighted by Crippen LogP contribution is 2.71. The zero-order valence-corrected chi connectivity index (χ0v) is 31.0. The van der Waals surface area contributed by atoms with Crippen LogP contribution in [0.15, 0.2) is 69.2 Å². The molecule has 0 spiro atoms. The largest absolute Gasteiger partial charge is 0.490 e. The molecule has 3 fully saturated rings. The van der Waals surface area contributed by atoms with Crippen LogP contribution in [-0.4, -0.2) is 87.5 Å². The molecular formula is C25H31N5O21P4. The van der Waals surface area contributed by atoms with Crippen LogP contribution in [0.3, 0.4) is 0 Å². The summed E-state index contributed by atoms with van der Waals surface area (Å²) < 4.78 is 96.1. The molecule has 26 nitrogen and oxygen atoms in total. The van der Waals surface area contributed by atoms with Gasteiger partial charge in [-0.2, -0.15) is 17.9 Å².